The van der Waals surface area contributed by atoms with Crippen LogP contribution in [0.25, 0.3) is 6.08 Å². The minimum absolute atomic E-state index is 0.0853. The van der Waals surface area contributed by atoms with Crippen LogP contribution in [0.3, 0.4) is 0 Å². The van der Waals surface area contributed by atoms with Crippen molar-refractivity contribution in [2.24, 2.45) is 0 Å². The molecule has 0 fully saturated rings. The van der Waals surface area contributed by atoms with Gasteiger partial charge in [0, 0.05) is 17.5 Å². The van der Waals surface area contributed by atoms with E-state index in [-0.39, 0.29) is 5.91 Å². The van der Waals surface area contributed by atoms with Gasteiger partial charge >= 0.3 is 0 Å². The lowest BCUT2D eigenvalue weighted by Crippen LogP contribution is -2.28. The molecule has 0 aliphatic heterocycles. The molecular weight excluding hydrogens is 381 g/mol. The van der Waals surface area contributed by atoms with Crippen molar-refractivity contribution in [1.29, 1.82) is 0 Å². The summed E-state index contributed by atoms with van der Waals surface area (Å²) in [5.74, 6) is 0.901. The fourth-order valence-electron chi connectivity index (χ4n) is 2.28. The van der Waals surface area contributed by atoms with Gasteiger partial charge in [-0.25, -0.2) is 0 Å². The molecule has 7 heteroatoms. The van der Waals surface area contributed by atoms with Crippen molar-refractivity contribution in [1.82, 2.24) is 4.90 Å². The van der Waals surface area contributed by atoms with Gasteiger partial charge in [-0.1, -0.05) is 23.2 Å². The van der Waals surface area contributed by atoms with Gasteiger partial charge in [-0.15, -0.1) is 11.3 Å². The van der Waals surface area contributed by atoms with Crippen LogP contribution in [0.1, 0.15) is 17.4 Å². The van der Waals surface area contributed by atoms with Gasteiger partial charge in [0.1, 0.15) is 0 Å². The monoisotopic (exact) mass is 399 g/mol. The van der Waals surface area contributed by atoms with E-state index in [9.17, 15) is 4.79 Å². The van der Waals surface area contributed by atoms with Gasteiger partial charge in [-0.3, -0.25) is 4.79 Å². The molecule has 0 saturated carbocycles. The fraction of sp³-hybridized carbons (Fsp3) is 0.278. The minimum atomic E-state index is -0.0853. The third kappa shape index (κ3) is 5.14. The number of ether oxygens (including phenoxy) is 2. The summed E-state index contributed by atoms with van der Waals surface area (Å²) in [5.41, 5.74) is 0.756. The number of carbonyl (C=O) groups excluding carboxylic acids is 1. The molecule has 1 amide bonds. The maximum Gasteiger partial charge on any atom is 0.246 e. The van der Waals surface area contributed by atoms with E-state index < -0.39 is 0 Å². The molecule has 0 spiro atoms. The van der Waals surface area contributed by atoms with Crippen molar-refractivity contribution < 1.29 is 14.3 Å². The Balaban J connectivity index is 2.13. The van der Waals surface area contributed by atoms with Crippen molar-refractivity contribution in [3.05, 3.63) is 50.1 Å². The van der Waals surface area contributed by atoms with Gasteiger partial charge in [0.25, 0.3) is 0 Å². The highest BCUT2D eigenvalue weighted by Crippen LogP contribution is 2.36. The van der Waals surface area contributed by atoms with Gasteiger partial charge in [0.05, 0.1) is 30.1 Å². The second-order valence-corrected chi connectivity index (χ2v) is 7.34. The van der Waals surface area contributed by atoms with Crippen LogP contribution in [0.2, 0.25) is 9.36 Å². The molecule has 134 valence electrons. The summed E-state index contributed by atoms with van der Waals surface area (Å²) in [7, 11) is 3.07. The number of amides is 1. The summed E-state index contributed by atoms with van der Waals surface area (Å²) in [6, 6.07) is 7.26. The minimum Gasteiger partial charge on any atom is -0.493 e. The standard InChI is InChI=1S/C18H19Cl2NO3S/c1-4-21(11-13-6-7-16(20)25-13)17(22)8-5-12-9-14(19)18(24-3)15(10-12)23-2/h5-10H,4,11H2,1-3H3/b8-5+. The molecule has 0 bridgehead atoms. The first kappa shape index (κ1) is 19.6. The van der Waals surface area contributed by atoms with Crippen LogP contribution in [0, 0.1) is 0 Å². The van der Waals surface area contributed by atoms with Crippen molar-refractivity contribution in [2.75, 3.05) is 20.8 Å². The Hall–Kier alpha value is -1.69. The largest absolute Gasteiger partial charge is 0.493 e. The molecule has 1 heterocycles. The molecule has 4 nitrogen and oxygen atoms in total. The first-order valence-corrected chi connectivity index (χ1v) is 9.18. The van der Waals surface area contributed by atoms with E-state index in [1.54, 1.807) is 23.1 Å². The number of halogens is 2. The van der Waals surface area contributed by atoms with Crippen molar-refractivity contribution in [2.45, 2.75) is 13.5 Å². The number of benzene rings is 1. The Morgan fingerprint density at radius 3 is 2.56 bits per heavy atom. The highest BCUT2D eigenvalue weighted by Gasteiger charge is 2.12. The molecule has 0 saturated heterocycles. The quantitative estimate of drug-likeness (QED) is 0.605. The van der Waals surface area contributed by atoms with Crippen LogP contribution in [0.5, 0.6) is 11.5 Å². The molecule has 1 aromatic carbocycles. The number of likely N-dealkylation sites (N-methyl/N-ethyl adjacent to an activating group) is 1. The van der Waals surface area contributed by atoms with E-state index in [1.165, 1.54) is 31.6 Å². The molecule has 0 atom stereocenters. The van der Waals surface area contributed by atoms with E-state index in [4.69, 9.17) is 32.7 Å². The Kier molecular flexibility index (Phi) is 7.17. The molecule has 0 radical (unpaired) electrons. The van der Waals surface area contributed by atoms with Crippen molar-refractivity contribution in [3.63, 3.8) is 0 Å². The first-order valence-electron chi connectivity index (χ1n) is 7.61. The molecule has 25 heavy (non-hydrogen) atoms. The maximum atomic E-state index is 12.4. The van der Waals surface area contributed by atoms with Crippen molar-refractivity contribution >= 4 is 46.5 Å². The zero-order chi connectivity index (χ0) is 18.4. The molecule has 0 aliphatic carbocycles. The lowest BCUT2D eigenvalue weighted by molar-refractivity contribution is -0.126. The number of carbonyl (C=O) groups is 1. The Morgan fingerprint density at radius 2 is 2.00 bits per heavy atom. The van der Waals surface area contributed by atoms with Crippen LogP contribution >= 0.6 is 34.5 Å². The summed E-state index contributed by atoms with van der Waals surface area (Å²) in [5, 5.41) is 0.425. The predicted molar refractivity (Wildman–Crippen MR) is 104 cm³/mol. The summed E-state index contributed by atoms with van der Waals surface area (Å²) >= 11 is 13.6. The average molecular weight is 400 g/mol. The average Bonchev–Trinajstić information content (AvgIpc) is 3.01. The third-order valence-electron chi connectivity index (χ3n) is 3.54. The lowest BCUT2D eigenvalue weighted by Gasteiger charge is -2.18. The van der Waals surface area contributed by atoms with Crippen molar-refractivity contribution in [3.8, 4) is 11.5 Å². The van der Waals surface area contributed by atoms with Crippen LogP contribution < -0.4 is 9.47 Å². The molecule has 2 aromatic rings. The van der Waals surface area contributed by atoms with Gasteiger partial charge in [0.15, 0.2) is 11.5 Å². The number of hydrogen-bond donors (Lipinski definition) is 0. The Morgan fingerprint density at radius 1 is 1.24 bits per heavy atom. The number of hydrogen-bond acceptors (Lipinski definition) is 4. The van der Waals surface area contributed by atoms with Gasteiger partial charge < -0.3 is 14.4 Å². The van der Waals surface area contributed by atoms with E-state index in [0.717, 1.165) is 10.4 Å². The molecular formula is C18H19Cl2NO3S. The maximum absolute atomic E-state index is 12.4. The third-order valence-corrected chi connectivity index (χ3v) is 5.04. The highest BCUT2D eigenvalue weighted by atomic mass is 35.5. The normalized spacial score (nSPS) is 10.9. The second kappa shape index (κ2) is 9.13. The number of methoxy groups -OCH3 is 2. The topological polar surface area (TPSA) is 38.8 Å². The SMILES string of the molecule is CCN(Cc1ccc(Cl)s1)C(=O)/C=C/c1cc(Cl)c(OC)c(OC)c1. The summed E-state index contributed by atoms with van der Waals surface area (Å²) in [6.07, 6.45) is 3.23. The van der Waals surface area contributed by atoms with E-state index in [0.29, 0.717) is 33.9 Å². The molecule has 1 aromatic heterocycles. The summed E-state index contributed by atoms with van der Waals surface area (Å²) in [6.45, 7) is 3.07. The first-order chi connectivity index (χ1) is 12.0. The van der Waals surface area contributed by atoms with E-state index in [2.05, 4.69) is 0 Å². The molecule has 0 N–H and O–H groups in total. The smallest absolute Gasteiger partial charge is 0.246 e. The van der Waals surface area contributed by atoms with Gasteiger partial charge in [-0.05, 0) is 42.8 Å². The van der Waals surface area contributed by atoms with E-state index >= 15 is 0 Å². The number of rotatable bonds is 7. The second-order valence-electron chi connectivity index (χ2n) is 5.13. The summed E-state index contributed by atoms with van der Waals surface area (Å²) < 4.78 is 11.2. The number of nitrogens with zero attached hydrogens (tertiary/aromatic N) is 1. The zero-order valence-corrected chi connectivity index (χ0v) is 16.5. The predicted octanol–water partition coefficient (Wildman–Crippen LogP) is 5.13. The van der Waals surface area contributed by atoms with Crippen LogP contribution in [-0.4, -0.2) is 31.6 Å². The molecule has 2 rings (SSSR count). The lowest BCUT2D eigenvalue weighted by atomic mass is 10.2. The highest BCUT2D eigenvalue weighted by molar-refractivity contribution is 7.16. The van der Waals surface area contributed by atoms with E-state index in [1.807, 2.05) is 19.1 Å². The zero-order valence-electron chi connectivity index (χ0n) is 14.2. The van der Waals surface area contributed by atoms with Crippen LogP contribution in [0.15, 0.2) is 30.3 Å². The molecule has 0 aliphatic rings. The summed E-state index contributed by atoms with van der Waals surface area (Å²) in [4.78, 5) is 15.2. The van der Waals surface area contributed by atoms with Gasteiger partial charge in [-0.2, -0.15) is 0 Å². The fourth-order valence-corrected chi connectivity index (χ4v) is 3.68. The number of thiophene rings is 1. The van der Waals surface area contributed by atoms with Crippen LogP contribution in [0.4, 0.5) is 0 Å². The van der Waals surface area contributed by atoms with Gasteiger partial charge in [0.2, 0.25) is 5.91 Å². The van der Waals surface area contributed by atoms with Crippen LogP contribution in [-0.2, 0) is 11.3 Å². The Bertz CT molecular complexity index is 774. The molecule has 0 unspecified atom stereocenters. The Labute approximate surface area is 161 Å².